The largest absolute Gasteiger partial charge is 0.465 e. The first-order valence-electron chi connectivity index (χ1n) is 8.55. The Kier molecular flexibility index (Phi) is 6.44. The molecule has 1 N–H and O–H groups in total. The summed E-state index contributed by atoms with van der Waals surface area (Å²) in [5.41, 5.74) is 0.589. The normalized spacial score (nSPS) is 18.1. The molecule has 3 nitrogen and oxygen atoms in total. The molecule has 0 unspecified atom stereocenters. The summed E-state index contributed by atoms with van der Waals surface area (Å²) in [5, 5.41) is 10.0. The average Bonchev–Trinajstić information content (AvgIpc) is 3.08. The highest BCUT2D eigenvalue weighted by Gasteiger charge is 2.46. The van der Waals surface area contributed by atoms with Crippen LogP contribution in [0.15, 0.2) is 30.3 Å². The molecule has 1 aromatic rings. The minimum Gasteiger partial charge on any atom is -0.465 e. The van der Waals surface area contributed by atoms with Crippen LogP contribution >= 0.6 is 0 Å². The van der Waals surface area contributed by atoms with Crippen molar-refractivity contribution in [2.45, 2.75) is 51.9 Å². The third-order valence-corrected chi connectivity index (χ3v) is 5.03. The van der Waals surface area contributed by atoms with Crippen LogP contribution in [0.3, 0.4) is 0 Å². The minimum atomic E-state index is -0.693. The molecule has 1 saturated carbocycles. The number of carbonyl (C=O) groups excluding carboxylic acids is 1. The Bertz CT molecular complexity index is 451. The molecule has 3 heteroatoms. The van der Waals surface area contributed by atoms with Crippen LogP contribution in [0.5, 0.6) is 0 Å². The lowest BCUT2D eigenvalue weighted by Gasteiger charge is -2.35. The van der Waals surface area contributed by atoms with Gasteiger partial charge in [0.2, 0.25) is 0 Å². The van der Waals surface area contributed by atoms with E-state index in [1.54, 1.807) is 0 Å². The van der Waals surface area contributed by atoms with Gasteiger partial charge in [0.15, 0.2) is 0 Å². The monoisotopic (exact) mass is 304 g/mol. The first-order valence-corrected chi connectivity index (χ1v) is 8.55. The molecule has 0 amide bonds. The second kappa shape index (κ2) is 8.33. The van der Waals surface area contributed by atoms with Crippen LogP contribution in [0.2, 0.25) is 0 Å². The van der Waals surface area contributed by atoms with E-state index in [1.165, 1.54) is 5.56 Å². The van der Waals surface area contributed by atoms with Gasteiger partial charge in [-0.1, -0.05) is 43.2 Å². The van der Waals surface area contributed by atoms with E-state index in [-0.39, 0.29) is 18.5 Å². The third-order valence-electron chi connectivity index (χ3n) is 5.03. The van der Waals surface area contributed by atoms with Crippen molar-refractivity contribution < 1.29 is 14.6 Å². The van der Waals surface area contributed by atoms with Crippen LogP contribution in [0.1, 0.15) is 51.0 Å². The number of aryl methyl sites for hydroxylation is 1. The first-order chi connectivity index (χ1) is 10.7. The lowest BCUT2D eigenvalue weighted by atomic mass is 9.71. The summed E-state index contributed by atoms with van der Waals surface area (Å²) < 4.78 is 5.31. The summed E-state index contributed by atoms with van der Waals surface area (Å²) >= 11 is 0. The van der Waals surface area contributed by atoms with Crippen LogP contribution in [-0.4, -0.2) is 24.3 Å². The van der Waals surface area contributed by atoms with Gasteiger partial charge in [0.25, 0.3) is 0 Å². The second-order valence-electron chi connectivity index (χ2n) is 6.36. The zero-order valence-electron chi connectivity index (χ0n) is 13.6. The van der Waals surface area contributed by atoms with Gasteiger partial charge in [0, 0.05) is 0 Å². The Balaban J connectivity index is 2.04. The Morgan fingerprint density at radius 1 is 1.27 bits per heavy atom. The molecule has 0 saturated heterocycles. The molecule has 0 aliphatic heterocycles. The van der Waals surface area contributed by atoms with Crippen molar-refractivity contribution in [1.29, 1.82) is 0 Å². The van der Waals surface area contributed by atoms with E-state index >= 15 is 0 Å². The SMILES string of the molecule is CCOC(=O)[C@](CO)(CCCc1ccccc1)C1CCCC1. The van der Waals surface area contributed by atoms with Gasteiger partial charge in [-0.25, -0.2) is 0 Å². The van der Waals surface area contributed by atoms with Crippen molar-refractivity contribution in [3.63, 3.8) is 0 Å². The van der Waals surface area contributed by atoms with E-state index in [9.17, 15) is 9.90 Å². The maximum atomic E-state index is 12.5. The minimum absolute atomic E-state index is 0.0920. The smallest absolute Gasteiger partial charge is 0.314 e. The predicted octanol–water partition coefficient (Wildman–Crippen LogP) is 3.74. The molecule has 1 aromatic carbocycles. The fourth-order valence-electron chi connectivity index (χ4n) is 3.75. The Hall–Kier alpha value is -1.35. The van der Waals surface area contributed by atoms with Gasteiger partial charge in [-0.15, -0.1) is 0 Å². The highest BCUT2D eigenvalue weighted by atomic mass is 16.5. The number of hydrogen-bond acceptors (Lipinski definition) is 3. The van der Waals surface area contributed by atoms with Gasteiger partial charge in [0.05, 0.1) is 18.6 Å². The fraction of sp³-hybridized carbons (Fsp3) is 0.632. The molecule has 0 radical (unpaired) electrons. The van der Waals surface area contributed by atoms with E-state index in [2.05, 4.69) is 12.1 Å². The number of esters is 1. The lowest BCUT2D eigenvalue weighted by Crippen LogP contribution is -2.42. The van der Waals surface area contributed by atoms with Gasteiger partial charge in [-0.3, -0.25) is 4.79 Å². The van der Waals surface area contributed by atoms with Crippen molar-refractivity contribution >= 4 is 5.97 Å². The molecule has 1 aliphatic rings. The van der Waals surface area contributed by atoms with Crippen LogP contribution < -0.4 is 0 Å². The standard InChI is InChI=1S/C19H28O3/c1-2-22-18(21)19(15-20,17-12-6-7-13-17)14-8-11-16-9-4-3-5-10-16/h3-5,9-10,17,20H,2,6-8,11-15H2,1H3/t19-/m0/s1. The van der Waals surface area contributed by atoms with E-state index < -0.39 is 5.41 Å². The van der Waals surface area contributed by atoms with E-state index in [1.807, 2.05) is 25.1 Å². The summed E-state index contributed by atoms with van der Waals surface area (Å²) in [6, 6.07) is 10.3. The Morgan fingerprint density at radius 3 is 2.55 bits per heavy atom. The van der Waals surface area contributed by atoms with Crippen LogP contribution in [-0.2, 0) is 16.0 Å². The number of aliphatic hydroxyl groups excluding tert-OH is 1. The van der Waals surface area contributed by atoms with Crippen LogP contribution in [0, 0.1) is 11.3 Å². The van der Waals surface area contributed by atoms with E-state index in [0.29, 0.717) is 13.0 Å². The van der Waals surface area contributed by atoms with Gasteiger partial charge >= 0.3 is 5.97 Å². The zero-order valence-corrected chi connectivity index (χ0v) is 13.6. The maximum Gasteiger partial charge on any atom is 0.314 e. The summed E-state index contributed by atoms with van der Waals surface area (Å²) in [6.45, 7) is 2.12. The number of benzene rings is 1. The molecule has 2 rings (SSSR count). The predicted molar refractivity (Wildman–Crippen MR) is 87.5 cm³/mol. The fourth-order valence-corrected chi connectivity index (χ4v) is 3.75. The highest BCUT2D eigenvalue weighted by Crippen LogP contribution is 2.44. The highest BCUT2D eigenvalue weighted by molar-refractivity contribution is 5.77. The number of carbonyl (C=O) groups is 1. The second-order valence-corrected chi connectivity index (χ2v) is 6.36. The van der Waals surface area contributed by atoms with Crippen molar-refractivity contribution in [3.05, 3.63) is 35.9 Å². The topological polar surface area (TPSA) is 46.5 Å². The number of rotatable bonds is 8. The van der Waals surface area contributed by atoms with Gasteiger partial charge in [0.1, 0.15) is 0 Å². The van der Waals surface area contributed by atoms with Crippen molar-refractivity contribution in [2.75, 3.05) is 13.2 Å². The third kappa shape index (κ3) is 3.89. The summed E-state index contributed by atoms with van der Waals surface area (Å²) in [4.78, 5) is 12.5. The van der Waals surface area contributed by atoms with Gasteiger partial charge in [-0.2, -0.15) is 0 Å². The number of aliphatic hydroxyl groups is 1. The zero-order chi connectivity index (χ0) is 15.8. The van der Waals surface area contributed by atoms with Crippen molar-refractivity contribution in [1.82, 2.24) is 0 Å². The van der Waals surface area contributed by atoms with Gasteiger partial charge in [-0.05, 0) is 50.5 Å². The van der Waals surface area contributed by atoms with Crippen LogP contribution in [0.25, 0.3) is 0 Å². The Labute approximate surface area is 133 Å². The van der Waals surface area contributed by atoms with Crippen molar-refractivity contribution in [2.24, 2.45) is 11.3 Å². The summed E-state index contributed by atoms with van der Waals surface area (Å²) in [5.74, 6) is 0.0739. The summed E-state index contributed by atoms with van der Waals surface area (Å²) in [7, 11) is 0. The molecule has 1 atom stereocenters. The molecule has 0 aromatic heterocycles. The maximum absolute atomic E-state index is 12.5. The molecular formula is C19H28O3. The van der Waals surface area contributed by atoms with Gasteiger partial charge < -0.3 is 9.84 Å². The lowest BCUT2D eigenvalue weighted by molar-refractivity contribution is -0.163. The van der Waals surface area contributed by atoms with E-state index in [0.717, 1.165) is 38.5 Å². The molecule has 1 aliphatic carbocycles. The molecule has 0 bridgehead atoms. The van der Waals surface area contributed by atoms with Crippen LogP contribution in [0.4, 0.5) is 0 Å². The number of ether oxygens (including phenoxy) is 1. The summed E-state index contributed by atoms with van der Waals surface area (Å²) in [6.07, 6.45) is 6.93. The van der Waals surface area contributed by atoms with E-state index in [4.69, 9.17) is 4.74 Å². The molecule has 0 heterocycles. The molecule has 122 valence electrons. The molecule has 0 spiro atoms. The number of hydrogen-bond donors (Lipinski definition) is 1. The first kappa shape index (κ1) is 17.0. The van der Waals surface area contributed by atoms with Crippen molar-refractivity contribution in [3.8, 4) is 0 Å². The Morgan fingerprint density at radius 2 is 1.95 bits per heavy atom. The quantitative estimate of drug-likeness (QED) is 0.744. The molecule has 22 heavy (non-hydrogen) atoms. The average molecular weight is 304 g/mol. The molecule has 1 fully saturated rings. The molecular weight excluding hydrogens is 276 g/mol.